The highest BCUT2D eigenvalue weighted by Gasteiger charge is 2.39. The van der Waals surface area contributed by atoms with Gasteiger partial charge in [0.05, 0.1) is 6.20 Å². The molecule has 0 aromatic carbocycles. The number of aryl methyl sites for hydroxylation is 1. The Morgan fingerprint density at radius 1 is 1.58 bits per heavy atom. The molecule has 0 saturated carbocycles. The fourth-order valence-electron chi connectivity index (χ4n) is 0.770. The zero-order chi connectivity index (χ0) is 9.35. The van der Waals surface area contributed by atoms with E-state index < -0.39 is 12.3 Å². The van der Waals surface area contributed by atoms with Crippen LogP contribution in [0.1, 0.15) is 11.7 Å². The predicted octanol–water partition coefficient (Wildman–Crippen LogP) is 1.02. The minimum absolute atomic E-state index is 0.245. The molecular formula is C6H7F3N2O. The molecule has 1 N–H and O–H groups in total. The van der Waals surface area contributed by atoms with Crippen molar-refractivity contribution >= 4 is 0 Å². The zero-order valence-corrected chi connectivity index (χ0v) is 6.21. The molecule has 0 saturated heterocycles. The van der Waals surface area contributed by atoms with E-state index in [4.69, 9.17) is 5.11 Å². The second kappa shape index (κ2) is 2.78. The van der Waals surface area contributed by atoms with Crippen molar-refractivity contribution in [2.75, 3.05) is 0 Å². The van der Waals surface area contributed by atoms with Gasteiger partial charge in [0.15, 0.2) is 6.10 Å². The number of halogens is 3. The van der Waals surface area contributed by atoms with Crippen molar-refractivity contribution in [2.24, 2.45) is 7.05 Å². The van der Waals surface area contributed by atoms with Gasteiger partial charge in [-0.05, 0) is 0 Å². The van der Waals surface area contributed by atoms with Gasteiger partial charge in [-0.15, -0.1) is 0 Å². The van der Waals surface area contributed by atoms with E-state index in [-0.39, 0.29) is 5.56 Å². The highest BCUT2D eigenvalue weighted by Crippen LogP contribution is 2.31. The predicted molar refractivity (Wildman–Crippen MR) is 34.2 cm³/mol. The van der Waals surface area contributed by atoms with Gasteiger partial charge < -0.3 is 5.11 Å². The monoisotopic (exact) mass is 180 g/mol. The number of aliphatic hydroxyl groups excluding tert-OH is 1. The molecule has 1 heterocycles. The van der Waals surface area contributed by atoms with Gasteiger partial charge in [-0.1, -0.05) is 0 Å². The molecule has 0 amide bonds. The van der Waals surface area contributed by atoms with Gasteiger partial charge in [-0.3, -0.25) is 4.68 Å². The Kier molecular flexibility index (Phi) is 2.10. The summed E-state index contributed by atoms with van der Waals surface area (Å²) in [6.45, 7) is 0. The Morgan fingerprint density at radius 2 is 2.17 bits per heavy atom. The summed E-state index contributed by atoms with van der Waals surface area (Å²) in [4.78, 5) is 0. The standard InChI is InChI=1S/C6H7F3N2O/c1-11-3-4(2-10-11)5(12)6(7,8)9/h2-3,5,12H,1H3/t5-/m0/s1. The van der Waals surface area contributed by atoms with Crippen molar-refractivity contribution in [1.82, 2.24) is 9.78 Å². The van der Waals surface area contributed by atoms with Crippen LogP contribution in [-0.4, -0.2) is 21.1 Å². The van der Waals surface area contributed by atoms with Crippen LogP contribution in [0, 0.1) is 0 Å². The molecule has 0 radical (unpaired) electrons. The smallest absolute Gasteiger partial charge is 0.379 e. The average Bonchev–Trinajstić information content (AvgIpc) is 2.32. The van der Waals surface area contributed by atoms with E-state index in [1.807, 2.05) is 0 Å². The summed E-state index contributed by atoms with van der Waals surface area (Å²) >= 11 is 0. The van der Waals surface area contributed by atoms with Crippen LogP contribution in [0.3, 0.4) is 0 Å². The molecule has 1 aromatic rings. The van der Waals surface area contributed by atoms with Crippen molar-refractivity contribution in [2.45, 2.75) is 12.3 Å². The van der Waals surface area contributed by atoms with E-state index in [1.165, 1.54) is 11.7 Å². The van der Waals surface area contributed by atoms with E-state index in [0.29, 0.717) is 0 Å². The molecular weight excluding hydrogens is 173 g/mol. The first-order chi connectivity index (χ1) is 5.41. The summed E-state index contributed by atoms with van der Waals surface area (Å²) < 4.78 is 36.8. The van der Waals surface area contributed by atoms with Crippen molar-refractivity contribution < 1.29 is 18.3 Å². The normalized spacial score (nSPS) is 14.8. The third-order valence-electron chi connectivity index (χ3n) is 1.35. The number of rotatable bonds is 1. The third-order valence-corrected chi connectivity index (χ3v) is 1.35. The Bertz CT molecular complexity index is 268. The van der Waals surface area contributed by atoms with E-state index in [9.17, 15) is 13.2 Å². The third kappa shape index (κ3) is 1.76. The molecule has 1 rings (SSSR count). The molecule has 12 heavy (non-hydrogen) atoms. The summed E-state index contributed by atoms with van der Waals surface area (Å²) in [7, 11) is 1.48. The molecule has 0 bridgehead atoms. The average molecular weight is 180 g/mol. The van der Waals surface area contributed by atoms with Crippen molar-refractivity contribution in [3.63, 3.8) is 0 Å². The Balaban J connectivity index is 2.85. The largest absolute Gasteiger partial charge is 0.418 e. The summed E-state index contributed by atoms with van der Waals surface area (Å²) in [6, 6.07) is 0. The number of nitrogens with zero attached hydrogens (tertiary/aromatic N) is 2. The van der Waals surface area contributed by atoms with Crippen LogP contribution in [0.5, 0.6) is 0 Å². The van der Waals surface area contributed by atoms with Gasteiger partial charge in [0, 0.05) is 18.8 Å². The number of hydrogen-bond donors (Lipinski definition) is 1. The lowest BCUT2D eigenvalue weighted by atomic mass is 10.2. The number of hydrogen-bond acceptors (Lipinski definition) is 2. The zero-order valence-electron chi connectivity index (χ0n) is 6.21. The van der Waals surface area contributed by atoms with E-state index >= 15 is 0 Å². The van der Waals surface area contributed by atoms with Gasteiger partial charge >= 0.3 is 6.18 Å². The second-order valence-corrected chi connectivity index (χ2v) is 2.39. The highest BCUT2D eigenvalue weighted by atomic mass is 19.4. The lowest BCUT2D eigenvalue weighted by molar-refractivity contribution is -0.206. The van der Waals surface area contributed by atoms with Crippen molar-refractivity contribution in [3.05, 3.63) is 18.0 Å². The molecule has 6 heteroatoms. The fourth-order valence-corrected chi connectivity index (χ4v) is 0.770. The highest BCUT2D eigenvalue weighted by molar-refractivity contribution is 5.09. The molecule has 0 aliphatic carbocycles. The number of aromatic nitrogens is 2. The van der Waals surface area contributed by atoms with E-state index in [2.05, 4.69) is 5.10 Å². The molecule has 0 aliphatic rings. The molecule has 68 valence electrons. The van der Waals surface area contributed by atoms with Crippen molar-refractivity contribution in [1.29, 1.82) is 0 Å². The van der Waals surface area contributed by atoms with Gasteiger partial charge in [-0.2, -0.15) is 18.3 Å². The maximum atomic E-state index is 11.9. The van der Waals surface area contributed by atoms with Crippen LogP contribution in [0.15, 0.2) is 12.4 Å². The SMILES string of the molecule is Cn1cc([C@H](O)C(F)(F)F)cn1. The van der Waals surface area contributed by atoms with Crippen LogP contribution in [0.25, 0.3) is 0 Å². The van der Waals surface area contributed by atoms with Gasteiger partial charge in [-0.25, -0.2) is 0 Å². The van der Waals surface area contributed by atoms with Crippen LogP contribution in [-0.2, 0) is 7.05 Å². The van der Waals surface area contributed by atoms with E-state index in [0.717, 1.165) is 12.4 Å². The molecule has 1 atom stereocenters. The minimum Gasteiger partial charge on any atom is -0.379 e. The van der Waals surface area contributed by atoms with Crippen LogP contribution < -0.4 is 0 Å². The van der Waals surface area contributed by atoms with E-state index in [1.54, 1.807) is 0 Å². The summed E-state index contributed by atoms with van der Waals surface area (Å²) in [5, 5.41) is 12.2. The second-order valence-electron chi connectivity index (χ2n) is 2.39. The molecule has 3 nitrogen and oxygen atoms in total. The maximum Gasteiger partial charge on any atom is 0.418 e. The lowest BCUT2D eigenvalue weighted by Gasteiger charge is -2.11. The first-order valence-corrected chi connectivity index (χ1v) is 3.14. The molecule has 0 unspecified atom stereocenters. The molecule has 0 fully saturated rings. The van der Waals surface area contributed by atoms with Gasteiger partial charge in [0.25, 0.3) is 0 Å². The summed E-state index contributed by atoms with van der Waals surface area (Å²) in [5.41, 5.74) is -0.245. The number of alkyl halides is 3. The van der Waals surface area contributed by atoms with Crippen LogP contribution >= 0.6 is 0 Å². The van der Waals surface area contributed by atoms with Crippen LogP contribution in [0.2, 0.25) is 0 Å². The Hall–Kier alpha value is -1.04. The summed E-state index contributed by atoms with van der Waals surface area (Å²) in [5.74, 6) is 0. The maximum absolute atomic E-state index is 11.9. The Morgan fingerprint density at radius 3 is 2.50 bits per heavy atom. The topological polar surface area (TPSA) is 38.0 Å². The summed E-state index contributed by atoms with van der Waals surface area (Å²) in [6.07, 6.45) is -4.95. The first kappa shape index (κ1) is 9.05. The Labute approximate surface area is 66.4 Å². The van der Waals surface area contributed by atoms with Crippen molar-refractivity contribution in [3.8, 4) is 0 Å². The minimum atomic E-state index is -4.62. The molecule has 0 spiro atoms. The fraction of sp³-hybridized carbons (Fsp3) is 0.500. The van der Waals surface area contributed by atoms with Gasteiger partial charge in [0.1, 0.15) is 0 Å². The quantitative estimate of drug-likeness (QED) is 0.700. The van der Waals surface area contributed by atoms with Gasteiger partial charge in [0.2, 0.25) is 0 Å². The first-order valence-electron chi connectivity index (χ1n) is 3.14. The van der Waals surface area contributed by atoms with Crippen LogP contribution in [0.4, 0.5) is 13.2 Å². The molecule has 0 aliphatic heterocycles. The number of aliphatic hydroxyl groups is 1. The lowest BCUT2D eigenvalue weighted by Crippen LogP contribution is -2.19. The molecule has 1 aromatic heterocycles.